The minimum atomic E-state index is -0.392. The van der Waals surface area contributed by atoms with Crippen molar-refractivity contribution in [2.75, 3.05) is 5.75 Å². The van der Waals surface area contributed by atoms with Crippen molar-refractivity contribution in [2.45, 2.75) is 25.2 Å². The molecule has 2 amide bonds. The molecule has 4 nitrogen and oxygen atoms in total. The quantitative estimate of drug-likeness (QED) is 0.646. The molecule has 2 aromatic carbocycles. The number of halogens is 1. The van der Waals surface area contributed by atoms with E-state index in [-0.39, 0.29) is 23.9 Å². The van der Waals surface area contributed by atoms with Crippen LogP contribution >= 0.6 is 11.8 Å². The summed E-state index contributed by atoms with van der Waals surface area (Å²) in [5.74, 6) is -1.04. The zero-order chi connectivity index (χ0) is 17.5. The Bertz CT molecular complexity index is 750. The SMILES string of the molecule is Cc1ccc(CC(=O)NNC(=O)CSc2ccccc2F)cc1C. The van der Waals surface area contributed by atoms with Crippen molar-refractivity contribution in [3.05, 3.63) is 65.0 Å². The maximum absolute atomic E-state index is 13.4. The van der Waals surface area contributed by atoms with E-state index in [9.17, 15) is 14.0 Å². The fraction of sp³-hybridized carbons (Fsp3) is 0.222. The normalized spacial score (nSPS) is 10.3. The van der Waals surface area contributed by atoms with Gasteiger partial charge < -0.3 is 0 Å². The second-order valence-corrected chi connectivity index (χ2v) is 6.43. The standard InChI is InChI=1S/C18H19FN2O2S/c1-12-7-8-14(9-13(12)2)10-17(22)20-21-18(23)11-24-16-6-4-3-5-15(16)19/h3-9H,10-11H2,1-2H3,(H,20,22)(H,21,23). The molecule has 0 saturated heterocycles. The number of thioether (sulfide) groups is 1. The molecule has 0 radical (unpaired) electrons. The largest absolute Gasteiger partial charge is 0.273 e. The first kappa shape index (κ1) is 18.0. The Morgan fingerprint density at radius 3 is 2.42 bits per heavy atom. The van der Waals surface area contributed by atoms with Gasteiger partial charge in [0.25, 0.3) is 0 Å². The first-order valence-corrected chi connectivity index (χ1v) is 8.45. The zero-order valence-electron chi connectivity index (χ0n) is 13.6. The molecule has 0 saturated carbocycles. The van der Waals surface area contributed by atoms with Gasteiger partial charge in [0.1, 0.15) is 5.82 Å². The Hall–Kier alpha value is -2.34. The maximum atomic E-state index is 13.4. The van der Waals surface area contributed by atoms with Gasteiger partial charge >= 0.3 is 0 Å². The Kier molecular flexibility index (Phi) is 6.37. The highest BCUT2D eigenvalue weighted by atomic mass is 32.2. The number of carbonyl (C=O) groups excluding carboxylic acids is 2. The lowest BCUT2D eigenvalue weighted by Gasteiger charge is -2.09. The highest BCUT2D eigenvalue weighted by molar-refractivity contribution is 8.00. The molecule has 6 heteroatoms. The molecule has 24 heavy (non-hydrogen) atoms. The fourth-order valence-corrected chi connectivity index (χ4v) is 2.76. The van der Waals surface area contributed by atoms with Crippen molar-refractivity contribution in [2.24, 2.45) is 0 Å². The van der Waals surface area contributed by atoms with Crippen LogP contribution in [0.2, 0.25) is 0 Å². The summed E-state index contributed by atoms with van der Waals surface area (Å²) in [5.41, 5.74) is 7.87. The lowest BCUT2D eigenvalue weighted by atomic mass is 10.0. The molecule has 0 spiro atoms. The molecule has 0 bridgehead atoms. The molecular weight excluding hydrogens is 327 g/mol. The summed E-state index contributed by atoms with van der Waals surface area (Å²) in [4.78, 5) is 24.0. The summed E-state index contributed by atoms with van der Waals surface area (Å²) >= 11 is 1.08. The van der Waals surface area contributed by atoms with Gasteiger partial charge in [-0.2, -0.15) is 0 Å². The highest BCUT2D eigenvalue weighted by Gasteiger charge is 2.08. The number of benzene rings is 2. The summed E-state index contributed by atoms with van der Waals surface area (Å²) in [6, 6.07) is 12.0. The Labute approximate surface area is 144 Å². The van der Waals surface area contributed by atoms with Crippen LogP contribution in [-0.2, 0) is 16.0 Å². The van der Waals surface area contributed by atoms with Crippen molar-refractivity contribution >= 4 is 23.6 Å². The zero-order valence-corrected chi connectivity index (χ0v) is 14.4. The molecule has 0 fully saturated rings. The van der Waals surface area contributed by atoms with E-state index in [0.29, 0.717) is 4.90 Å². The molecule has 0 heterocycles. The van der Waals surface area contributed by atoms with Crippen LogP contribution in [0.25, 0.3) is 0 Å². The third-order valence-electron chi connectivity index (χ3n) is 3.47. The van der Waals surface area contributed by atoms with E-state index in [1.54, 1.807) is 18.2 Å². The van der Waals surface area contributed by atoms with Gasteiger partial charge in [-0.3, -0.25) is 20.4 Å². The first-order chi connectivity index (χ1) is 11.5. The molecule has 2 N–H and O–H groups in total. The number of hydrazine groups is 1. The third kappa shape index (κ3) is 5.38. The van der Waals surface area contributed by atoms with Gasteiger partial charge in [0.05, 0.1) is 12.2 Å². The summed E-state index contributed by atoms with van der Waals surface area (Å²) in [5, 5.41) is 0. The van der Waals surface area contributed by atoms with E-state index in [1.807, 2.05) is 32.0 Å². The van der Waals surface area contributed by atoms with Gasteiger partial charge in [-0.05, 0) is 42.7 Å². The topological polar surface area (TPSA) is 58.2 Å². The van der Waals surface area contributed by atoms with Gasteiger partial charge in [-0.1, -0.05) is 30.3 Å². The van der Waals surface area contributed by atoms with E-state index in [4.69, 9.17) is 0 Å². The van der Waals surface area contributed by atoms with E-state index >= 15 is 0 Å². The van der Waals surface area contributed by atoms with Crippen LogP contribution in [0.5, 0.6) is 0 Å². The minimum Gasteiger partial charge on any atom is -0.273 e. The minimum absolute atomic E-state index is 0.0187. The Balaban J connectivity index is 1.76. The third-order valence-corrected chi connectivity index (χ3v) is 4.52. The van der Waals surface area contributed by atoms with Crippen LogP contribution < -0.4 is 10.9 Å². The number of rotatable bonds is 5. The number of amides is 2. The van der Waals surface area contributed by atoms with Crippen LogP contribution in [0, 0.1) is 19.7 Å². The molecule has 0 atom stereocenters. The van der Waals surface area contributed by atoms with Gasteiger partial charge in [-0.25, -0.2) is 4.39 Å². The van der Waals surface area contributed by atoms with Crippen LogP contribution in [0.15, 0.2) is 47.4 Å². The Morgan fingerprint density at radius 2 is 1.71 bits per heavy atom. The summed E-state index contributed by atoms with van der Waals surface area (Å²) in [6.45, 7) is 3.99. The summed E-state index contributed by atoms with van der Waals surface area (Å²) in [7, 11) is 0. The smallest absolute Gasteiger partial charge is 0.248 e. The van der Waals surface area contributed by atoms with Crippen molar-refractivity contribution in [3.8, 4) is 0 Å². The average molecular weight is 346 g/mol. The van der Waals surface area contributed by atoms with E-state index in [1.165, 1.54) is 6.07 Å². The predicted molar refractivity (Wildman–Crippen MR) is 93.0 cm³/mol. The second-order valence-electron chi connectivity index (χ2n) is 5.41. The second kappa shape index (κ2) is 8.49. The molecule has 126 valence electrons. The molecule has 2 rings (SSSR count). The lowest BCUT2D eigenvalue weighted by molar-refractivity contribution is -0.127. The number of nitrogens with one attached hydrogen (secondary N) is 2. The molecule has 0 aliphatic carbocycles. The maximum Gasteiger partial charge on any atom is 0.248 e. The van der Waals surface area contributed by atoms with Gasteiger partial charge in [0.2, 0.25) is 11.8 Å². The predicted octanol–water partition coefficient (Wildman–Crippen LogP) is 2.92. The van der Waals surface area contributed by atoms with Crippen LogP contribution in [0.4, 0.5) is 4.39 Å². The molecule has 0 aliphatic rings. The Morgan fingerprint density at radius 1 is 1.00 bits per heavy atom. The van der Waals surface area contributed by atoms with Crippen LogP contribution in [0.3, 0.4) is 0 Å². The van der Waals surface area contributed by atoms with Gasteiger partial charge in [-0.15, -0.1) is 11.8 Å². The monoisotopic (exact) mass is 346 g/mol. The summed E-state index contributed by atoms with van der Waals surface area (Å²) in [6.07, 6.45) is 0.182. The van der Waals surface area contributed by atoms with Gasteiger partial charge in [0.15, 0.2) is 0 Å². The van der Waals surface area contributed by atoms with Crippen LogP contribution in [0.1, 0.15) is 16.7 Å². The number of hydrogen-bond acceptors (Lipinski definition) is 3. The number of carbonyl (C=O) groups is 2. The van der Waals surface area contributed by atoms with E-state index < -0.39 is 5.91 Å². The van der Waals surface area contributed by atoms with Crippen LogP contribution in [-0.4, -0.2) is 17.6 Å². The van der Waals surface area contributed by atoms with Crippen molar-refractivity contribution in [1.29, 1.82) is 0 Å². The fourth-order valence-electron chi connectivity index (χ4n) is 2.02. The van der Waals surface area contributed by atoms with E-state index in [2.05, 4.69) is 10.9 Å². The average Bonchev–Trinajstić information content (AvgIpc) is 2.55. The molecule has 2 aromatic rings. The molecular formula is C18H19FN2O2S. The highest BCUT2D eigenvalue weighted by Crippen LogP contribution is 2.20. The number of aryl methyl sites for hydroxylation is 2. The van der Waals surface area contributed by atoms with Crippen molar-refractivity contribution < 1.29 is 14.0 Å². The first-order valence-electron chi connectivity index (χ1n) is 7.47. The van der Waals surface area contributed by atoms with Crippen molar-refractivity contribution in [3.63, 3.8) is 0 Å². The molecule has 0 aliphatic heterocycles. The molecule has 0 aromatic heterocycles. The summed E-state index contributed by atoms with van der Waals surface area (Å²) < 4.78 is 13.4. The molecule has 0 unspecified atom stereocenters. The van der Waals surface area contributed by atoms with Crippen molar-refractivity contribution in [1.82, 2.24) is 10.9 Å². The van der Waals surface area contributed by atoms with Gasteiger partial charge in [0, 0.05) is 4.90 Å². The van der Waals surface area contributed by atoms with E-state index in [0.717, 1.165) is 28.5 Å². The lowest BCUT2D eigenvalue weighted by Crippen LogP contribution is -2.43. The number of hydrogen-bond donors (Lipinski definition) is 2.